The van der Waals surface area contributed by atoms with Gasteiger partial charge in [0.25, 0.3) is 0 Å². The van der Waals surface area contributed by atoms with E-state index in [4.69, 9.17) is 4.74 Å². The Labute approximate surface area is 160 Å². The molecule has 7 nitrogen and oxygen atoms in total. The highest BCUT2D eigenvalue weighted by Gasteiger charge is 2.58. The van der Waals surface area contributed by atoms with Gasteiger partial charge in [-0.25, -0.2) is 4.79 Å². The molecule has 2 atom stereocenters. The first-order valence-electron chi connectivity index (χ1n) is 9.35. The molecule has 0 aromatic heterocycles. The maximum absolute atomic E-state index is 12.2. The lowest BCUT2D eigenvalue weighted by molar-refractivity contribution is -0.148. The van der Waals surface area contributed by atoms with Crippen molar-refractivity contribution in [2.24, 2.45) is 11.3 Å². The second-order valence-electron chi connectivity index (χ2n) is 8.00. The van der Waals surface area contributed by atoms with Gasteiger partial charge in [0.15, 0.2) is 0 Å². The molecule has 0 radical (unpaired) electrons. The second-order valence-corrected chi connectivity index (χ2v) is 8.00. The average molecular weight is 375 g/mol. The molecule has 7 heteroatoms. The van der Waals surface area contributed by atoms with Gasteiger partial charge in [-0.1, -0.05) is 12.1 Å². The van der Waals surface area contributed by atoms with E-state index in [9.17, 15) is 14.7 Å². The summed E-state index contributed by atoms with van der Waals surface area (Å²) in [7, 11) is 3.39. The number of ether oxygens (including phenoxy) is 1. The summed E-state index contributed by atoms with van der Waals surface area (Å²) in [5.74, 6) is 0.0317. The van der Waals surface area contributed by atoms with E-state index in [0.29, 0.717) is 32.8 Å². The Balaban J connectivity index is 1.59. The minimum Gasteiger partial charge on any atom is -0.492 e. The van der Waals surface area contributed by atoms with Gasteiger partial charge in [-0.3, -0.25) is 9.69 Å². The van der Waals surface area contributed by atoms with Crippen LogP contribution in [0.3, 0.4) is 0 Å². The molecule has 0 spiro atoms. The summed E-state index contributed by atoms with van der Waals surface area (Å²) in [6.45, 7) is 7.21. The van der Waals surface area contributed by atoms with Crippen LogP contribution in [-0.4, -0.2) is 85.2 Å². The van der Waals surface area contributed by atoms with Crippen molar-refractivity contribution in [1.82, 2.24) is 14.7 Å². The SMILES string of the molecule is Cc1cccc(OCCN2C[C@H]3CN(C(=O)N(C)C)C[C@@]3(C(=O)O)C2)c1C. The summed E-state index contributed by atoms with van der Waals surface area (Å²) in [4.78, 5) is 29.6. The number of urea groups is 1. The van der Waals surface area contributed by atoms with Crippen molar-refractivity contribution >= 4 is 12.0 Å². The van der Waals surface area contributed by atoms with Crippen molar-refractivity contribution < 1.29 is 19.4 Å². The molecule has 1 N–H and O–H groups in total. The molecule has 2 aliphatic heterocycles. The molecule has 1 aromatic carbocycles. The maximum Gasteiger partial charge on any atom is 0.319 e. The molecule has 2 saturated heterocycles. The molecule has 27 heavy (non-hydrogen) atoms. The Hall–Kier alpha value is -2.28. The zero-order chi connectivity index (χ0) is 19.8. The van der Waals surface area contributed by atoms with Crippen molar-refractivity contribution in [3.63, 3.8) is 0 Å². The lowest BCUT2D eigenvalue weighted by Crippen LogP contribution is -2.44. The van der Waals surface area contributed by atoms with Gasteiger partial charge in [0.05, 0.1) is 0 Å². The average Bonchev–Trinajstić information content (AvgIpc) is 3.13. The van der Waals surface area contributed by atoms with Crippen LogP contribution >= 0.6 is 0 Å². The summed E-state index contributed by atoms with van der Waals surface area (Å²) >= 11 is 0. The van der Waals surface area contributed by atoms with E-state index < -0.39 is 11.4 Å². The molecule has 3 rings (SSSR count). The number of nitrogens with zero attached hydrogens (tertiary/aromatic N) is 3. The largest absolute Gasteiger partial charge is 0.492 e. The number of amides is 2. The fraction of sp³-hybridized carbons (Fsp3) is 0.600. The van der Waals surface area contributed by atoms with Gasteiger partial charge in [-0.05, 0) is 31.0 Å². The molecular formula is C20H29N3O4. The first-order chi connectivity index (χ1) is 12.7. The number of aliphatic carboxylic acids is 1. The van der Waals surface area contributed by atoms with Crippen LogP contribution in [0, 0.1) is 25.2 Å². The highest BCUT2D eigenvalue weighted by molar-refractivity contribution is 5.80. The topological polar surface area (TPSA) is 73.3 Å². The molecule has 2 amide bonds. The Bertz CT molecular complexity index is 736. The van der Waals surface area contributed by atoms with Gasteiger partial charge < -0.3 is 19.6 Å². The molecule has 0 unspecified atom stereocenters. The third-order valence-electron chi connectivity index (χ3n) is 5.98. The van der Waals surface area contributed by atoms with Gasteiger partial charge in [0.1, 0.15) is 17.8 Å². The minimum atomic E-state index is -0.870. The predicted molar refractivity (Wildman–Crippen MR) is 102 cm³/mol. The van der Waals surface area contributed by atoms with E-state index in [-0.39, 0.29) is 18.5 Å². The molecule has 2 aliphatic rings. The monoisotopic (exact) mass is 375 g/mol. The number of hydrogen-bond donors (Lipinski definition) is 1. The number of fused-ring (bicyclic) bond motifs is 1. The van der Waals surface area contributed by atoms with E-state index >= 15 is 0 Å². The van der Waals surface area contributed by atoms with Crippen LogP contribution in [0.25, 0.3) is 0 Å². The molecule has 148 valence electrons. The van der Waals surface area contributed by atoms with Crippen LogP contribution in [-0.2, 0) is 4.79 Å². The highest BCUT2D eigenvalue weighted by Crippen LogP contribution is 2.43. The Morgan fingerprint density at radius 3 is 2.63 bits per heavy atom. The molecule has 2 heterocycles. The van der Waals surface area contributed by atoms with Crippen molar-refractivity contribution in [2.75, 3.05) is 53.4 Å². The van der Waals surface area contributed by atoms with E-state index in [1.54, 1.807) is 19.0 Å². The van der Waals surface area contributed by atoms with E-state index in [0.717, 1.165) is 11.3 Å². The minimum absolute atomic E-state index is 0.0420. The van der Waals surface area contributed by atoms with Crippen LogP contribution in [0.5, 0.6) is 5.75 Å². The lowest BCUT2D eigenvalue weighted by atomic mass is 9.81. The molecule has 1 aromatic rings. The van der Waals surface area contributed by atoms with Crippen LogP contribution in [0.4, 0.5) is 4.79 Å². The number of rotatable bonds is 5. The quantitative estimate of drug-likeness (QED) is 0.848. The van der Waals surface area contributed by atoms with Crippen molar-refractivity contribution in [3.8, 4) is 5.75 Å². The number of carbonyl (C=O) groups excluding carboxylic acids is 1. The third kappa shape index (κ3) is 3.60. The molecule has 0 bridgehead atoms. The van der Waals surface area contributed by atoms with Crippen LogP contribution in [0.15, 0.2) is 18.2 Å². The molecule has 0 saturated carbocycles. The van der Waals surface area contributed by atoms with Gasteiger partial charge >= 0.3 is 12.0 Å². The van der Waals surface area contributed by atoms with E-state index in [2.05, 4.69) is 17.9 Å². The van der Waals surface area contributed by atoms with Crippen LogP contribution < -0.4 is 4.74 Å². The van der Waals surface area contributed by atoms with Crippen molar-refractivity contribution in [1.29, 1.82) is 0 Å². The number of carboxylic acids is 1. The summed E-state index contributed by atoms with van der Waals surface area (Å²) in [5.41, 5.74) is 1.46. The summed E-state index contributed by atoms with van der Waals surface area (Å²) in [5, 5.41) is 9.89. The van der Waals surface area contributed by atoms with Crippen LogP contribution in [0.1, 0.15) is 11.1 Å². The van der Waals surface area contributed by atoms with Gasteiger partial charge in [-0.2, -0.15) is 0 Å². The first kappa shape index (κ1) is 19.5. The summed E-state index contributed by atoms with van der Waals surface area (Å²) < 4.78 is 5.93. The zero-order valence-corrected chi connectivity index (χ0v) is 16.6. The first-order valence-corrected chi connectivity index (χ1v) is 9.35. The van der Waals surface area contributed by atoms with Gasteiger partial charge in [0, 0.05) is 52.7 Å². The van der Waals surface area contributed by atoms with Gasteiger partial charge in [-0.15, -0.1) is 0 Å². The smallest absolute Gasteiger partial charge is 0.319 e. The van der Waals surface area contributed by atoms with Crippen molar-refractivity contribution in [2.45, 2.75) is 13.8 Å². The Morgan fingerprint density at radius 1 is 1.26 bits per heavy atom. The van der Waals surface area contributed by atoms with E-state index in [1.807, 2.05) is 19.1 Å². The number of hydrogen-bond acceptors (Lipinski definition) is 4. The molecular weight excluding hydrogens is 346 g/mol. The number of likely N-dealkylation sites (tertiary alicyclic amines) is 2. The number of carboxylic acid groups (broad SMARTS) is 1. The summed E-state index contributed by atoms with van der Waals surface area (Å²) in [6, 6.07) is 5.88. The Kier molecular flexibility index (Phi) is 5.33. The summed E-state index contributed by atoms with van der Waals surface area (Å²) in [6.07, 6.45) is 0. The van der Waals surface area contributed by atoms with E-state index in [1.165, 1.54) is 10.5 Å². The number of carbonyl (C=O) groups is 2. The zero-order valence-electron chi connectivity index (χ0n) is 16.6. The lowest BCUT2D eigenvalue weighted by Gasteiger charge is -2.27. The predicted octanol–water partition coefficient (Wildman–Crippen LogP) is 1.68. The highest BCUT2D eigenvalue weighted by atomic mass is 16.5. The standard InChI is InChI=1S/C20H29N3O4/c1-14-6-5-7-17(15(14)2)27-9-8-22-10-16-11-23(19(26)21(3)4)13-20(16,12-22)18(24)25/h5-7,16H,8-13H2,1-4H3,(H,24,25)/t16-,20-/m0/s1. The normalized spacial score (nSPS) is 24.7. The fourth-order valence-corrected chi connectivity index (χ4v) is 4.24. The van der Waals surface area contributed by atoms with Crippen molar-refractivity contribution in [3.05, 3.63) is 29.3 Å². The third-order valence-corrected chi connectivity index (χ3v) is 5.98. The fourth-order valence-electron chi connectivity index (χ4n) is 4.24. The number of aryl methyl sites for hydroxylation is 1. The molecule has 0 aliphatic carbocycles. The Morgan fingerprint density at radius 2 is 2.00 bits per heavy atom. The number of benzene rings is 1. The second kappa shape index (κ2) is 7.38. The maximum atomic E-state index is 12.2. The molecule has 2 fully saturated rings. The van der Waals surface area contributed by atoms with Crippen LogP contribution in [0.2, 0.25) is 0 Å². The van der Waals surface area contributed by atoms with Gasteiger partial charge in [0.2, 0.25) is 0 Å².